The van der Waals surface area contributed by atoms with Gasteiger partial charge in [0.05, 0.1) is 17.6 Å². The SMILES string of the molecule is C=CCC1C2c3c(cccc3[N+](=O)[O-])C(CC2C[Si](C)(C)C)N1C(=O)OCC. The Bertz CT molecular complexity index is 789. The summed E-state index contributed by atoms with van der Waals surface area (Å²) in [6.45, 7) is 13.0. The largest absolute Gasteiger partial charge is 0.450 e. The number of nitro benzene ring substituents is 1. The second-order valence-corrected chi connectivity index (χ2v) is 14.6. The Balaban J connectivity index is 2.17. The van der Waals surface area contributed by atoms with Crippen molar-refractivity contribution in [1.29, 1.82) is 0 Å². The minimum absolute atomic E-state index is 0.0595. The summed E-state index contributed by atoms with van der Waals surface area (Å²) in [7, 11) is -1.40. The number of rotatable bonds is 6. The summed E-state index contributed by atoms with van der Waals surface area (Å²) in [6, 6.07) is 6.04. The van der Waals surface area contributed by atoms with E-state index in [2.05, 4.69) is 26.2 Å². The number of fused-ring (bicyclic) bond motifs is 2. The smallest absolute Gasteiger partial charge is 0.410 e. The van der Waals surface area contributed by atoms with E-state index in [1.165, 1.54) is 0 Å². The van der Waals surface area contributed by atoms with Crippen molar-refractivity contribution in [2.24, 2.45) is 5.92 Å². The Morgan fingerprint density at radius 1 is 1.43 bits per heavy atom. The molecule has 2 aliphatic heterocycles. The summed E-state index contributed by atoms with van der Waals surface area (Å²) in [5.41, 5.74) is 1.93. The molecule has 7 heteroatoms. The molecule has 3 aliphatic rings. The van der Waals surface area contributed by atoms with Crippen LogP contribution >= 0.6 is 0 Å². The predicted octanol–water partition coefficient (Wildman–Crippen LogP) is 5.49. The molecule has 4 rings (SSSR count). The first-order valence-electron chi connectivity index (χ1n) is 10.0. The van der Waals surface area contributed by atoms with Gasteiger partial charge in [-0.15, -0.1) is 6.58 Å². The van der Waals surface area contributed by atoms with Gasteiger partial charge in [-0.3, -0.25) is 15.0 Å². The van der Waals surface area contributed by atoms with Gasteiger partial charge in [0.15, 0.2) is 0 Å². The summed E-state index contributed by atoms with van der Waals surface area (Å²) in [4.78, 5) is 26.2. The van der Waals surface area contributed by atoms with E-state index in [9.17, 15) is 14.9 Å². The molecule has 0 N–H and O–H groups in total. The van der Waals surface area contributed by atoms with E-state index in [0.717, 1.165) is 23.6 Å². The van der Waals surface area contributed by atoms with Crippen LogP contribution in [-0.4, -0.2) is 36.6 Å². The number of carbonyl (C=O) groups is 1. The Hall–Kier alpha value is -2.15. The molecule has 0 aromatic heterocycles. The van der Waals surface area contributed by atoms with Gasteiger partial charge in [-0.2, -0.15) is 0 Å². The number of benzene rings is 1. The van der Waals surface area contributed by atoms with Crippen molar-refractivity contribution < 1.29 is 14.5 Å². The van der Waals surface area contributed by atoms with E-state index < -0.39 is 8.07 Å². The predicted molar refractivity (Wildman–Crippen MR) is 112 cm³/mol. The maximum Gasteiger partial charge on any atom is 0.410 e. The summed E-state index contributed by atoms with van der Waals surface area (Å²) < 4.78 is 5.37. The Kier molecular flexibility index (Phi) is 5.66. The fourth-order valence-electron chi connectivity index (χ4n) is 5.24. The minimum atomic E-state index is -1.40. The van der Waals surface area contributed by atoms with Gasteiger partial charge in [0.25, 0.3) is 5.69 Å². The van der Waals surface area contributed by atoms with Crippen molar-refractivity contribution in [2.45, 2.75) is 63.5 Å². The van der Waals surface area contributed by atoms with E-state index in [1.807, 2.05) is 17.0 Å². The minimum Gasteiger partial charge on any atom is -0.450 e. The van der Waals surface area contributed by atoms with Crippen molar-refractivity contribution in [2.75, 3.05) is 6.61 Å². The fourth-order valence-corrected chi connectivity index (χ4v) is 7.24. The Morgan fingerprint density at radius 2 is 2.14 bits per heavy atom. The van der Waals surface area contributed by atoms with E-state index in [4.69, 9.17) is 4.74 Å². The summed E-state index contributed by atoms with van der Waals surface area (Å²) in [5, 5.41) is 11.8. The molecule has 1 aliphatic carbocycles. The zero-order valence-electron chi connectivity index (χ0n) is 17.2. The van der Waals surface area contributed by atoms with Gasteiger partial charge < -0.3 is 4.74 Å². The Labute approximate surface area is 167 Å². The molecule has 1 aromatic rings. The van der Waals surface area contributed by atoms with Crippen LogP contribution in [0.5, 0.6) is 0 Å². The zero-order valence-corrected chi connectivity index (χ0v) is 18.2. The zero-order chi connectivity index (χ0) is 20.6. The second kappa shape index (κ2) is 7.70. The highest BCUT2D eigenvalue weighted by Gasteiger charge is 2.54. The van der Waals surface area contributed by atoms with E-state index in [0.29, 0.717) is 18.9 Å². The third kappa shape index (κ3) is 3.59. The topological polar surface area (TPSA) is 72.7 Å². The standard InChI is InChI=1S/C21H30N2O4Si/c1-6-9-16-19-14(13-28(3,4)5)12-18(22(16)21(24)27-7-2)15-10-8-11-17(20(15)19)23(25)26/h6,8,10-11,14,16,18-19H,1,7,9,12-13H2,2-5H3. The molecular formula is C21H30N2O4Si. The monoisotopic (exact) mass is 402 g/mol. The van der Waals surface area contributed by atoms with Gasteiger partial charge >= 0.3 is 6.09 Å². The summed E-state index contributed by atoms with van der Waals surface area (Å²) in [5.74, 6) is 0.275. The van der Waals surface area contributed by atoms with Gasteiger partial charge in [-0.1, -0.05) is 43.9 Å². The molecule has 6 nitrogen and oxygen atoms in total. The highest BCUT2D eigenvalue weighted by Crippen LogP contribution is 2.58. The lowest BCUT2D eigenvalue weighted by Crippen LogP contribution is -2.56. The molecular weight excluding hydrogens is 372 g/mol. The second-order valence-electron chi connectivity index (χ2n) is 9.04. The lowest BCUT2D eigenvalue weighted by atomic mass is 9.64. The van der Waals surface area contributed by atoms with Gasteiger partial charge in [-0.05, 0) is 31.2 Å². The van der Waals surface area contributed by atoms with Crippen LogP contribution in [0.4, 0.5) is 10.5 Å². The number of nitrogens with zero attached hydrogens (tertiary/aromatic N) is 2. The van der Waals surface area contributed by atoms with Crippen LogP contribution < -0.4 is 0 Å². The van der Waals surface area contributed by atoms with Crippen LogP contribution in [0.1, 0.15) is 42.9 Å². The molecule has 1 fully saturated rings. The van der Waals surface area contributed by atoms with E-state index in [-0.39, 0.29) is 34.7 Å². The summed E-state index contributed by atoms with van der Waals surface area (Å²) >= 11 is 0. The van der Waals surface area contributed by atoms with Crippen molar-refractivity contribution in [3.63, 3.8) is 0 Å². The maximum atomic E-state index is 12.8. The molecule has 0 saturated carbocycles. The number of ether oxygens (including phenoxy) is 1. The molecule has 4 unspecified atom stereocenters. The van der Waals surface area contributed by atoms with Crippen molar-refractivity contribution in [3.8, 4) is 0 Å². The van der Waals surface area contributed by atoms with Gasteiger partial charge in [0.2, 0.25) is 0 Å². The molecule has 1 saturated heterocycles. The summed E-state index contributed by atoms with van der Waals surface area (Å²) in [6.07, 6.45) is 2.94. The normalized spacial score (nSPS) is 25.9. The quantitative estimate of drug-likeness (QED) is 0.273. The van der Waals surface area contributed by atoms with Crippen LogP contribution in [0, 0.1) is 16.0 Å². The van der Waals surface area contributed by atoms with E-state index in [1.54, 1.807) is 19.1 Å². The molecule has 1 aromatic carbocycles. The number of hydrogen-bond donors (Lipinski definition) is 0. The number of piperidine rings is 1. The van der Waals surface area contributed by atoms with Crippen LogP contribution in [0.15, 0.2) is 30.9 Å². The van der Waals surface area contributed by atoms with E-state index >= 15 is 0 Å². The number of hydrogen-bond acceptors (Lipinski definition) is 4. The van der Waals surface area contributed by atoms with Crippen LogP contribution in [0.2, 0.25) is 25.7 Å². The fraction of sp³-hybridized carbons (Fsp3) is 0.571. The number of carbonyl (C=O) groups excluding carboxylic acids is 1. The first-order valence-corrected chi connectivity index (χ1v) is 13.7. The maximum absolute atomic E-state index is 12.8. The van der Waals surface area contributed by atoms with Gasteiger partial charge in [0, 0.05) is 31.7 Å². The van der Waals surface area contributed by atoms with Crippen molar-refractivity contribution in [1.82, 2.24) is 4.90 Å². The van der Waals surface area contributed by atoms with Crippen LogP contribution in [-0.2, 0) is 4.74 Å². The number of nitro groups is 1. The molecule has 0 spiro atoms. The molecule has 0 radical (unpaired) electrons. The average Bonchev–Trinajstić information content (AvgIpc) is 2.60. The molecule has 2 bridgehead atoms. The molecule has 4 atom stereocenters. The van der Waals surface area contributed by atoms with Gasteiger partial charge in [-0.25, -0.2) is 4.79 Å². The lowest BCUT2D eigenvalue weighted by molar-refractivity contribution is -0.386. The molecule has 152 valence electrons. The van der Waals surface area contributed by atoms with Crippen LogP contribution in [0.25, 0.3) is 0 Å². The molecule has 28 heavy (non-hydrogen) atoms. The van der Waals surface area contributed by atoms with Crippen molar-refractivity contribution >= 4 is 19.9 Å². The van der Waals surface area contributed by atoms with Crippen LogP contribution in [0.3, 0.4) is 0 Å². The lowest BCUT2D eigenvalue weighted by Gasteiger charge is -2.55. The van der Waals surface area contributed by atoms with Crippen molar-refractivity contribution in [3.05, 3.63) is 52.1 Å². The Morgan fingerprint density at radius 3 is 2.71 bits per heavy atom. The molecule has 1 amide bonds. The third-order valence-electron chi connectivity index (χ3n) is 5.91. The highest BCUT2D eigenvalue weighted by molar-refractivity contribution is 6.76. The first kappa shape index (κ1) is 20.6. The highest BCUT2D eigenvalue weighted by atomic mass is 28.3. The molecule has 2 heterocycles. The first-order chi connectivity index (χ1) is 13.2. The number of amides is 1. The third-order valence-corrected chi connectivity index (χ3v) is 7.66. The average molecular weight is 403 g/mol. The van der Waals surface area contributed by atoms with Gasteiger partial charge in [0.1, 0.15) is 0 Å².